The Morgan fingerprint density at radius 1 is 1.08 bits per heavy atom. The van der Waals surface area contributed by atoms with E-state index < -0.39 is 0 Å². The van der Waals surface area contributed by atoms with Gasteiger partial charge in [-0.05, 0) is 56.3 Å². The van der Waals surface area contributed by atoms with Crippen molar-refractivity contribution in [1.82, 2.24) is 9.80 Å². The van der Waals surface area contributed by atoms with Gasteiger partial charge in [0.25, 0.3) is 0 Å². The fourth-order valence-electron chi connectivity index (χ4n) is 4.61. The van der Waals surface area contributed by atoms with Crippen LogP contribution in [0.25, 0.3) is 0 Å². The molecule has 1 saturated heterocycles. The molecular weight excluding hydrogens is 379 g/mol. The van der Waals surface area contributed by atoms with Crippen LogP contribution in [0, 0.1) is 5.82 Å². The molecule has 2 aromatic carbocycles. The molecule has 1 aliphatic heterocycles. The number of benzene rings is 2. The van der Waals surface area contributed by atoms with Crippen LogP contribution in [0.3, 0.4) is 0 Å². The zero-order valence-electron chi connectivity index (χ0n) is 14.8. The van der Waals surface area contributed by atoms with Crippen LogP contribution in [0.15, 0.2) is 46.9 Å². The lowest BCUT2D eigenvalue weighted by atomic mass is 9.94. The lowest BCUT2D eigenvalue weighted by Crippen LogP contribution is -2.35. The van der Waals surface area contributed by atoms with Gasteiger partial charge in [-0.3, -0.25) is 4.90 Å². The Morgan fingerprint density at radius 3 is 2.56 bits per heavy atom. The summed E-state index contributed by atoms with van der Waals surface area (Å²) in [5, 5.41) is 0. The first kappa shape index (κ1) is 17.2. The van der Waals surface area contributed by atoms with Gasteiger partial charge in [-0.1, -0.05) is 40.2 Å². The van der Waals surface area contributed by atoms with Crippen molar-refractivity contribution >= 4 is 15.9 Å². The normalized spacial score (nSPS) is 26.4. The number of aryl methyl sites for hydroxylation is 1. The Kier molecular flexibility index (Phi) is 4.69. The van der Waals surface area contributed by atoms with Crippen LogP contribution < -0.4 is 0 Å². The van der Waals surface area contributed by atoms with Crippen molar-refractivity contribution in [2.45, 2.75) is 30.8 Å². The van der Waals surface area contributed by atoms with Gasteiger partial charge in [-0.25, -0.2) is 4.39 Å². The summed E-state index contributed by atoms with van der Waals surface area (Å²) in [5.41, 5.74) is 3.51. The lowest BCUT2D eigenvalue weighted by molar-refractivity contribution is 0.213. The molecule has 0 N–H and O–H groups in total. The van der Waals surface area contributed by atoms with Gasteiger partial charge < -0.3 is 4.90 Å². The van der Waals surface area contributed by atoms with Gasteiger partial charge in [0.05, 0.1) is 0 Å². The molecule has 2 aromatic rings. The molecule has 1 fully saturated rings. The van der Waals surface area contributed by atoms with Crippen LogP contribution in [0.2, 0.25) is 0 Å². The quantitative estimate of drug-likeness (QED) is 0.739. The molecule has 1 heterocycles. The van der Waals surface area contributed by atoms with E-state index in [-0.39, 0.29) is 11.9 Å². The van der Waals surface area contributed by atoms with Gasteiger partial charge >= 0.3 is 0 Å². The number of nitrogens with zero attached hydrogens (tertiary/aromatic N) is 2. The van der Waals surface area contributed by atoms with Crippen LogP contribution in [-0.2, 0) is 6.42 Å². The topological polar surface area (TPSA) is 6.48 Å². The SMILES string of the molecule is CN(C)[C@@H]1CN(C2CCc3cccc(F)c32)C[C@H]1c1ccc(Br)cc1. The molecule has 2 aliphatic rings. The van der Waals surface area contributed by atoms with Crippen molar-refractivity contribution in [1.29, 1.82) is 0 Å². The second-order valence-corrected chi connectivity index (χ2v) is 8.43. The largest absolute Gasteiger partial charge is 0.305 e. The van der Waals surface area contributed by atoms with Gasteiger partial charge in [-0.15, -0.1) is 0 Å². The Bertz CT molecular complexity index is 759. The Morgan fingerprint density at radius 2 is 1.84 bits per heavy atom. The summed E-state index contributed by atoms with van der Waals surface area (Å²) >= 11 is 3.53. The molecule has 1 aliphatic carbocycles. The van der Waals surface area contributed by atoms with Crippen molar-refractivity contribution in [2.24, 2.45) is 0 Å². The lowest BCUT2D eigenvalue weighted by Gasteiger charge is -2.26. The first-order valence-electron chi connectivity index (χ1n) is 8.98. The average molecular weight is 403 g/mol. The van der Waals surface area contributed by atoms with E-state index >= 15 is 0 Å². The second kappa shape index (κ2) is 6.82. The molecule has 0 saturated carbocycles. The number of fused-ring (bicyclic) bond motifs is 1. The predicted molar refractivity (Wildman–Crippen MR) is 103 cm³/mol. The zero-order chi connectivity index (χ0) is 17.6. The molecule has 4 heteroatoms. The third kappa shape index (κ3) is 3.16. The monoisotopic (exact) mass is 402 g/mol. The van der Waals surface area contributed by atoms with Gasteiger partial charge in [0.1, 0.15) is 5.82 Å². The number of rotatable bonds is 3. The fourth-order valence-corrected chi connectivity index (χ4v) is 4.87. The Labute approximate surface area is 157 Å². The van der Waals surface area contributed by atoms with Crippen LogP contribution in [0.5, 0.6) is 0 Å². The molecule has 4 rings (SSSR count). The minimum atomic E-state index is -0.0338. The highest BCUT2D eigenvalue weighted by molar-refractivity contribution is 9.10. The summed E-state index contributed by atoms with van der Waals surface area (Å²) in [6, 6.07) is 14.9. The minimum absolute atomic E-state index is 0.0338. The van der Waals surface area contributed by atoms with Crippen LogP contribution in [0.4, 0.5) is 4.39 Å². The number of likely N-dealkylation sites (N-methyl/N-ethyl adjacent to an activating group) is 1. The zero-order valence-corrected chi connectivity index (χ0v) is 16.3. The second-order valence-electron chi connectivity index (χ2n) is 7.51. The molecular formula is C21H24BrFN2. The number of halogens is 2. The van der Waals surface area contributed by atoms with E-state index in [1.54, 1.807) is 6.07 Å². The predicted octanol–water partition coefficient (Wildman–Crippen LogP) is 4.61. The maximum Gasteiger partial charge on any atom is 0.128 e. The minimum Gasteiger partial charge on any atom is -0.305 e. The standard InChI is InChI=1S/C21H24BrFN2/c1-24(2)20-13-25(12-17(20)14-6-9-16(22)10-7-14)19-11-8-15-4-3-5-18(23)21(15)19/h3-7,9-10,17,19-20H,8,11-13H2,1-2H3/t17-,19?,20+/m0/s1. The smallest absolute Gasteiger partial charge is 0.128 e. The number of likely N-dealkylation sites (tertiary alicyclic amines) is 1. The van der Waals surface area contributed by atoms with E-state index in [4.69, 9.17) is 0 Å². The van der Waals surface area contributed by atoms with Gasteiger partial charge in [0, 0.05) is 41.1 Å². The molecule has 0 spiro atoms. The van der Waals surface area contributed by atoms with Gasteiger partial charge in [-0.2, -0.15) is 0 Å². The van der Waals surface area contributed by atoms with E-state index in [0.717, 1.165) is 36.0 Å². The molecule has 25 heavy (non-hydrogen) atoms. The molecule has 0 amide bonds. The van der Waals surface area contributed by atoms with Crippen molar-refractivity contribution in [3.8, 4) is 0 Å². The van der Waals surface area contributed by atoms with Gasteiger partial charge in [0.15, 0.2) is 0 Å². The maximum absolute atomic E-state index is 14.5. The highest BCUT2D eigenvalue weighted by Crippen LogP contribution is 2.42. The summed E-state index contributed by atoms with van der Waals surface area (Å²) in [6.07, 6.45) is 2.02. The van der Waals surface area contributed by atoms with Gasteiger partial charge in [0.2, 0.25) is 0 Å². The first-order valence-corrected chi connectivity index (χ1v) is 9.77. The van der Waals surface area contributed by atoms with Crippen molar-refractivity contribution in [3.63, 3.8) is 0 Å². The molecule has 0 bridgehead atoms. The van der Waals surface area contributed by atoms with Crippen molar-refractivity contribution in [2.75, 3.05) is 27.2 Å². The molecule has 0 aromatic heterocycles. The van der Waals surface area contributed by atoms with E-state index in [0.29, 0.717) is 12.0 Å². The third-order valence-corrected chi connectivity index (χ3v) is 6.41. The van der Waals surface area contributed by atoms with E-state index in [2.05, 4.69) is 70.2 Å². The summed E-state index contributed by atoms with van der Waals surface area (Å²) < 4.78 is 15.6. The Hall–Kier alpha value is -1.23. The summed E-state index contributed by atoms with van der Waals surface area (Å²) in [7, 11) is 4.31. The molecule has 1 unspecified atom stereocenters. The highest BCUT2D eigenvalue weighted by atomic mass is 79.9. The Balaban J connectivity index is 1.63. The molecule has 3 atom stereocenters. The fraction of sp³-hybridized carbons (Fsp3) is 0.429. The van der Waals surface area contributed by atoms with E-state index in [1.807, 2.05) is 6.07 Å². The first-order chi connectivity index (χ1) is 12.0. The number of hydrogen-bond donors (Lipinski definition) is 0. The molecule has 2 nitrogen and oxygen atoms in total. The van der Waals surface area contributed by atoms with Crippen LogP contribution in [0.1, 0.15) is 35.1 Å². The van der Waals surface area contributed by atoms with Crippen molar-refractivity contribution in [3.05, 3.63) is 69.4 Å². The summed E-state index contributed by atoms with van der Waals surface area (Å²) in [4.78, 5) is 4.83. The maximum atomic E-state index is 14.5. The molecule has 132 valence electrons. The highest BCUT2D eigenvalue weighted by Gasteiger charge is 2.41. The average Bonchev–Trinajstić information content (AvgIpc) is 3.20. The summed E-state index contributed by atoms with van der Waals surface area (Å²) in [6.45, 7) is 1.98. The van der Waals surface area contributed by atoms with E-state index in [9.17, 15) is 4.39 Å². The third-order valence-electron chi connectivity index (χ3n) is 5.88. The van der Waals surface area contributed by atoms with E-state index in [1.165, 1.54) is 11.1 Å². The van der Waals surface area contributed by atoms with Crippen molar-refractivity contribution < 1.29 is 4.39 Å². The van der Waals surface area contributed by atoms with Crippen LogP contribution in [-0.4, -0.2) is 43.0 Å². The molecule has 0 radical (unpaired) electrons. The number of hydrogen-bond acceptors (Lipinski definition) is 2. The van der Waals surface area contributed by atoms with Crippen LogP contribution >= 0.6 is 15.9 Å². The summed E-state index contributed by atoms with van der Waals surface area (Å²) in [5.74, 6) is 0.424.